The Balaban J connectivity index is 1.91. The van der Waals surface area contributed by atoms with E-state index in [1.165, 1.54) is 26.1 Å². The lowest BCUT2D eigenvalue weighted by Gasteiger charge is -2.22. The topological polar surface area (TPSA) is 15.7 Å². The van der Waals surface area contributed by atoms with Gasteiger partial charge in [0.2, 0.25) is 0 Å². The van der Waals surface area contributed by atoms with Crippen molar-refractivity contribution < 1.29 is 4.74 Å². The highest BCUT2D eigenvalue weighted by atomic mass is 35.5. The van der Waals surface area contributed by atoms with Gasteiger partial charge in [-0.2, -0.15) is 0 Å². The molecule has 1 unspecified atom stereocenters. The molecule has 0 radical (unpaired) electrons. The molecule has 0 amide bonds. The maximum atomic E-state index is 6.08. The van der Waals surface area contributed by atoms with Crippen LogP contribution in [0.1, 0.15) is 18.9 Å². The quantitative estimate of drug-likeness (QED) is 0.802. The highest BCUT2D eigenvalue weighted by Crippen LogP contribution is 2.24. The lowest BCUT2D eigenvalue weighted by Crippen LogP contribution is -2.28. The summed E-state index contributed by atoms with van der Waals surface area (Å²) in [5.41, 5.74) is 1.16. The van der Waals surface area contributed by atoms with Crippen LogP contribution in [0.2, 0.25) is 5.02 Å². The fourth-order valence-corrected chi connectivity index (χ4v) is 3.21. The van der Waals surface area contributed by atoms with Crippen LogP contribution in [0.4, 0.5) is 0 Å². The second kappa shape index (κ2) is 7.30. The number of benzene rings is 1. The molecular weight excluding hydrogens is 272 g/mol. The fraction of sp³-hybridized carbons (Fsp3) is 0.625. The number of methoxy groups -OCH3 is 1. The van der Waals surface area contributed by atoms with Crippen LogP contribution >= 0.6 is 11.6 Å². The van der Waals surface area contributed by atoms with E-state index in [1.807, 2.05) is 18.2 Å². The number of nitrogens with zero attached hydrogens (tertiary/aromatic N) is 2. The summed E-state index contributed by atoms with van der Waals surface area (Å²) in [5.74, 6) is 1.70. The summed E-state index contributed by atoms with van der Waals surface area (Å²) in [6.07, 6.45) is 1.31. The Morgan fingerprint density at radius 1 is 1.45 bits per heavy atom. The molecule has 0 aliphatic carbocycles. The third-order valence-corrected chi connectivity index (χ3v) is 4.30. The molecule has 1 aromatic carbocycles. The number of halogens is 1. The van der Waals surface area contributed by atoms with Crippen LogP contribution in [0.5, 0.6) is 5.75 Å². The van der Waals surface area contributed by atoms with Crippen molar-refractivity contribution in [2.24, 2.45) is 5.92 Å². The van der Waals surface area contributed by atoms with Gasteiger partial charge in [-0.25, -0.2) is 0 Å². The number of ether oxygens (including phenoxy) is 1. The SMILES string of the molecule is CCN1CCC(CN(C)Cc2cc(Cl)ccc2OC)C1. The molecule has 1 saturated heterocycles. The van der Waals surface area contributed by atoms with Gasteiger partial charge in [0.1, 0.15) is 5.75 Å². The minimum absolute atomic E-state index is 0.771. The minimum atomic E-state index is 0.771. The number of hydrogen-bond acceptors (Lipinski definition) is 3. The van der Waals surface area contributed by atoms with Gasteiger partial charge in [0.05, 0.1) is 7.11 Å². The molecule has 0 bridgehead atoms. The van der Waals surface area contributed by atoms with Crippen molar-refractivity contribution in [3.8, 4) is 5.75 Å². The van der Waals surface area contributed by atoms with E-state index < -0.39 is 0 Å². The Kier molecular flexibility index (Phi) is 5.70. The van der Waals surface area contributed by atoms with E-state index in [-0.39, 0.29) is 0 Å². The highest BCUT2D eigenvalue weighted by Gasteiger charge is 2.22. The third-order valence-electron chi connectivity index (χ3n) is 4.07. The van der Waals surface area contributed by atoms with Crippen LogP contribution in [-0.2, 0) is 6.54 Å². The predicted octanol–water partition coefficient (Wildman–Crippen LogP) is 3.12. The zero-order chi connectivity index (χ0) is 14.5. The van der Waals surface area contributed by atoms with Crippen molar-refractivity contribution >= 4 is 11.6 Å². The van der Waals surface area contributed by atoms with Gasteiger partial charge in [-0.15, -0.1) is 0 Å². The Labute approximate surface area is 127 Å². The summed E-state index contributed by atoms with van der Waals surface area (Å²) in [7, 11) is 3.89. The zero-order valence-corrected chi connectivity index (χ0v) is 13.5. The van der Waals surface area contributed by atoms with Crippen molar-refractivity contribution in [2.45, 2.75) is 19.9 Å². The summed E-state index contributed by atoms with van der Waals surface area (Å²) >= 11 is 6.08. The van der Waals surface area contributed by atoms with Gasteiger partial charge in [0.25, 0.3) is 0 Å². The summed E-state index contributed by atoms with van der Waals surface area (Å²) < 4.78 is 5.41. The summed E-state index contributed by atoms with van der Waals surface area (Å²) in [6.45, 7) is 7.90. The normalized spacial score (nSPS) is 19.8. The first-order valence-electron chi connectivity index (χ1n) is 7.35. The first-order valence-corrected chi connectivity index (χ1v) is 7.73. The van der Waals surface area contributed by atoms with Gasteiger partial charge in [0, 0.05) is 30.2 Å². The number of hydrogen-bond donors (Lipinski definition) is 0. The third kappa shape index (κ3) is 4.11. The van der Waals surface area contributed by atoms with E-state index in [0.717, 1.165) is 35.3 Å². The molecule has 0 N–H and O–H groups in total. The van der Waals surface area contributed by atoms with Crippen molar-refractivity contribution in [2.75, 3.05) is 40.3 Å². The molecule has 1 aliphatic heterocycles. The van der Waals surface area contributed by atoms with Crippen molar-refractivity contribution in [3.05, 3.63) is 28.8 Å². The van der Waals surface area contributed by atoms with Gasteiger partial charge >= 0.3 is 0 Å². The van der Waals surface area contributed by atoms with Crippen LogP contribution in [-0.4, -0.2) is 50.1 Å². The molecular formula is C16H25ClN2O. The van der Waals surface area contributed by atoms with Crippen LogP contribution in [0.25, 0.3) is 0 Å². The fourth-order valence-electron chi connectivity index (χ4n) is 3.02. The minimum Gasteiger partial charge on any atom is -0.496 e. The Morgan fingerprint density at radius 2 is 2.25 bits per heavy atom. The van der Waals surface area contributed by atoms with E-state index in [4.69, 9.17) is 16.3 Å². The average Bonchev–Trinajstić information content (AvgIpc) is 2.86. The van der Waals surface area contributed by atoms with Crippen molar-refractivity contribution in [1.29, 1.82) is 0 Å². The smallest absolute Gasteiger partial charge is 0.123 e. The van der Waals surface area contributed by atoms with E-state index in [1.54, 1.807) is 7.11 Å². The Hall–Kier alpha value is -0.770. The van der Waals surface area contributed by atoms with E-state index in [0.29, 0.717) is 0 Å². The Morgan fingerprint density at radius 3 is 2.90 bits per heavy atom. The molecule has 1 heterocycles. The summed E-state index contributed by atoms with van der Waals surface area (Å²) in [6, 6.07) is 5.82. The second-order valence-corrected chi connectivity index (χ2v) is 6.14. The van der Waals surface area contributed by atoms with Crippen LogP contribution in [0.3, 0.4) is 0 Å². The van der Waals surface area contributed by atoms with Crippen molar-refractivity contribution in [1.82, 2.24) is 9.80 Å². The number of rotatable bonds is 6. The number of likely N-dealkylation sites (tertiary alicyclic amines) is 1. The molecule has 1 fully saturated rings. The summed E-state index contributed by atoms with van der Waals surface area (Å²) in [5, 5.41) is 0.771. The molecule has 20 heavy (non-hydrogen) atoms. The van der Waals surface area contributed by atoms with E-state index >= 15 is 0 Å². The lowest BCUT2D eigenvalue weighted by molar-refractivity contribution is 0.257. The molecule has 0 spiro atoms. The van der Waals surface area contributed by atoms with Crippen LogP contribution in [0.15, 0.2) is 18.2 Å². The maximum Gasteiger partial charge on any atom is 0.123 e. The van der Waals surface area contributed by atoms with Gasteiger partial charge in [-0.05, 0) is 50.7 Å². The second-order valence-electron chi connectivity index (χ2n) is 5.70. The molecule has 112 valence electrons. The lowest BCUT2D eigenvalue weighted by atomic mass is 10.1. The first-order chi connectivity index (χ1) is 9.62. The highest BCUT2D eigenvalue weighted by molar-refractivity contribution is 6.30. The molecule has 0 saturated carbocycles. The largest absolute Gasteiger partial charge is 0.496 e. The predicted molar refractivity (Wildman–Crippen MR) is 84.6 cm³/mol. The monoisotopic (exact) mass is 296 g/mol. The molecule has 1 aliphatic rings. The van der Waals surface area contributed by atoms with Crippen molar-refractivity contribution in [3.63, 3.8) is 0 Å². The van der Waals surface area contributed by atoms with Gasteiger partial charge in [-0.1, -0.05) is 18.5 Å². The van der Waals surface area contributed by atoms with E-state index in [2.05, 4.69) is 23.8 Å². The summed E-state index contributed by atoms with van der Waals surface area (Å²) in [4.78, 5) is 4.90. The Bertz CT molecular complexity index is 438. The molecule has 3 nitrogen and oxygen atoms in total. The molecule has 0 aromatic heterocycles. The molecule has 1 atom stereocenters. The van der Waals surface area contributed by atoms with Gasteiger partial charge in [-0.3, -0.25) is 0 Å². The standard InChI is InChI=1S/C16H25ClN2O/c1-4-19-8-7-13(11-19)10-18(2)12-14-9-15(17)5-6-16(14)20-3/h5-6,9,13H,4,7-8,10-12H2,1-3H3. The first kappa shape index (κ1) is 15.6. The van der Waals surface area contributed by atoms with Crippen LogP contribution < -0.4 is 4.74 Å². The maximum absolute atomic E-state index is 6.08. The van der Waals surface area contributed by atoms with Gasteiger partial charge in [0.15, 0.2) is 0 Å². The molecule has 4 heteroatoms. The molecule has 1 aromatic rings. The van der Waals surface area contributed by atoms with E-state index in [9.17, 15) is 0 Å². The molecule has 2 rings (SSSR count). The average molecular weight is 297 g/mol. The van der Waals surface area contributed by atoms with Gasteiger partial charge < -0.3 is 14.5 Å². The van der Waals surface area contributed by atoms with Crippen LogP contribution in [0, 0.1) is 5.92 Å². The zero-order valence-electron chi connectivity index (χ0n) is 12.7.